The van der Waals surface area contributed by atoms with Crippen molar-refractivity contribution in [2.24, 2.45) is 0 Å². The average Bonchev–Trinajstić information content (AvgIpc) is 3.07. The van der Waals surface area contributed by atoms with Crippen molar-refractivity contribution < 1.29 is 9.59 Å². The fourth-order valence-corrected chi connectivity index (χ4v) is 4.79. The van der Waals surface area contributed by atoms with E-state index in [-0.39, 0.29) is 29.8 Å². The standard InChI is InChI=1S/C19H18N2O2S/c22-17-12-20(11-14-7-3-1-4-8-14)18(23)16-13-24-19(21(16)17)15-9-5-2-6-10-15/h1-10,16,19H,11-13H2/t16-,19-/m1/s1. The van der Waals surface area contributed by atoms with E-state index in [0.29, 0.717) is 12.3 Å². The van der Waals surface area contributed by atoms with Crippen LogP contribution in [0, 0.1) is 0 Å². The molecule has 2 aromatic rings. The number of carbonyl (C=O) groups is 2. The zero-order chi connectivity index (χ0) is 16.5. The fraction of sp³-hybridized carbons (Fsp3) is 0.263. The lowest BCUT2D eigenvalue weighted by molar-refractivity contribution is -0.155. The smallest absolute Gasteiger partial charge is 0.247 e. The molecule has 2 fully saturated rings. The molecular weight excluding hydrogens is 320 g/mol. The summed E-state index contributed by atoms with van der Waals surface area (Å²) in [5.41, 5.74) is 2.14. The van der Waals surface area contributed by atoms with E-state index >= 15 is 0 Å². The van der Waals surface area contributed by atoms with Crippen LogP contribution in [0.4, 0.5) is 0 Å². The Morgan fingerprint density at radius 2 is 1.62 bits per heavy atom. The molecule has 0 aromatic heterocycles. The SMILES string of the molecule is O=C1[C@H]2CS[C@H](c3ccccc3)N2C(=O)CN1Cc1ccccc1. The molecule has 2 saturated heterocycles. The van der Waals surface area contributed by atoms with E-state index in [2.05, 4.69) is 0 Å². The summed E-state index contributed by atoms with van der Waals surface area (Å²) < 4.78 is 0. The van der Waals surface area contributed by atoms with Crippen molar-refractivity contribution in [2.75, 3.05) is 12.3 Å². The van der Waals surface area contributed by atoms with Gasteiger partial charge in [0.25, 0.3) is 0 Å². The predicted octanol–water partition coefficient (Wildman–Crippen LogP) is 2.67. The van der Waals surface area contributed by atoms with Crippen LogP contribution in [-0.4, -0.2) is 40.0 Å². The van der Waals surface area contributed by atoms with Crippen molar-refractivity contribution in [3.05, 3.63) is 71.8 Å². The van der Waals surface area contributed by atoms with Gasteiger partial charge in [-0.1, -0.05) is 60.7 Å². The highest BCUT2D eigenvalue weighted by atomic mass is 32.2. The number of fused-ring (bicyclic) bond motifs is 1. The van der Waals surface area contributed by atoms with Crippen LogP contribution in [0.15, 0.2) is 60.7 Å². The molecule has 0 spiro atoms. The van der Waals surface area contributed by atoms with Gasteiger partial charge in [0.1, 0.15) is 18.0 Å². The molecule has 0 N–H and O–H groups in total. The van der Waals surface area contributed by atoms with Gasteiger partial charge in [0.15, 0.2) is 0 Å². The normalized spacial score (nSPS) is 23.5. The monoisotopic (exact) mass is 338 g/mol. The molecule has 5 heteroatoms. The van der Waals surface area contributed by atoms with E-state index < -0.39 is 0 Å². The Morgan fingerprint density at radius 1 is 0.958 bits per heavy atom. The second-order valence-electron chi connectivity index (χ2n) is 6.09. The van der Waals surface area contributed by atoms with Gasteiger partial charge in [0.2, 0.25) is 11.8 Å². The van der Waals surface area contributed by atoms with E-state index in [9.17, 15) is 9.59 Å². The quantitative estimate of drug-likeness (QED) is 0.864. The number of rotatable bonds is 3. The summed E-state index contributed by atoms with van der Waals surface area (Å²) in [4.78, 5) is 29.0. The molecule has 2 aliphatic rings. The maximum atomic E-state index is 12.9. The van der Waals surface area contributed by atoms with Gasteiger partial charge >= 0.3 is 0 Å². The molecule has 2 aliphatic heterocycles. The summed E-state index contributed by atoms with van der Waals surface area (Å²) in [7, 11) is 0. The van der Waals surface area contributed by atoms with E-state index in [1.807, 2.05) is 60.7 Å². The first-order valence-corrected chi connectivity index (χ1v) is 9.09. The van der Waals surface area contributed by atoms with Gasteiger partial charge in [-0.15, -0.1) is 11.8 Å². The topological polar surface area (TPSA) is 40.6 Å². The summed E-state index contributed by atoms with van der Waals surface area (Å²) in [5, 5.41) is -0.0495. The highest BCUT2D eigenvalue weighted by Crippen LogP contribution is 2.43. The van der Waals surface area contributed by atoms with E-state index in [4.69, 9.17) is 0 Å². The van der Waals surface area contributed by atoms with Crippen molar-refractivity contribution in [1.82, 2.24) is 9.80 Å². The fourth-order valence-electron chi connectivity index (χ4n) is 3.35. The number of thioether (sulfide) groups is 1. The van der Waals surface area contributed by atoms with Crippen molar-refractivity contribution in [3.63, 3.8) is 0 Å². The second-order valence-corrected chi connectivity index (χ2v) is 7.21. The summed E-state index contributed by atoms with van der Waals surface area (Å²) >= 11 is 1.67. The summed E-state index contributed by atoms with van der Waals surface area (Å²) in [6, 6.07) is 19.4. The number of nitrogens with zero attached hydrogens (tertiary/aromatic N) is 2. The molecule has 24 heavy (non-hydrogen) atoms. The Morgan fingerprint density at radius 3 is 2.33 bits per heavy atom. The van der Waals surface area contributed by atoms with Gasteiger partial charge in [0.05, 0.1) is 0 Å². The highest BCUT2D eigenvalue weighted by molar-refractivity contribution is 7.99. The molecule has 0 saturated carbocycles. The van der Waals surface area contributed by atoms with Crippen molar-refractivity contribution in [3.8, 4) is 0 Å². The zero-order valence-corrected chi connectivity index (χ0v) is 14.0. The first-order chi connectivity index (χ1) is 11.7. The molecular formula is C19H18N2O2S. The van der Waals surface area contributed by atoms with Crippen LogP contribution >= 0.6 is 11.8 Å². The van der Waals surface area contributed by atoms with Gasteiger partial charge in [-0.25, -0.2) is 0 Å². The molecule has 4 nitrogen and oxygen atoms in total. The van der Waals surface area contributed by atoms with Crippen LogP contribution in [0.2, 0.25) is 0 Å². The van der Waals surface area contributed by atoms with Crippen molar-refractivity contribution >= 4 is 23.6 Å². The van der Waals surface area contributed by atoms with Crippen LogP contribution in [0.3, 0.4) is 0 Å². The maximum Gasteiger partial charge on any atom is 0.247 e. The van der Waals surface area contributed by atoms with Crippen LogP contribution < -0.4 is 0 Å². The van der Waals surface area contributed by atoms with E-state index in [1.165, 1.54) is 0 Å². The molecule has 0 radical (unpaired) electrons. The van der Waals surface area contributed by atoms with Crippen LogP contribution in [0.25, 0.3) is 0 Å². The highest BCUT2D eigenvalue weighted by Gasteiger charge is 2.47. The summed E-state index contributed by atoms with van der Waals surface area (Å²) in [6.45, 7) is 0.657. The maximum absolute atomic E-state index is 12.9. The number of benzene rings is 2. The third-order valence-corrected chi connectivity index (χ3v) is 5.84. The van der Waals surface area contributed by atoms with E-state index in [1.54, 1.807) is 21.6 Å². The number of hydrogen-bond acceptors (Lipinski definition) is 3. The Hall–Kier alpha value is -2.27. The lowest BCUT2D eigenvalue weighted by Gasteiger charge is -2.38. The lowest BCUT2D eigenvalue weighted by atomic mass is 10.1. The minimum absolute atomic E-state index is 0.0365. The molecule has 122 valence electrons. The molecule has 2 heterocycles. The van der Waals surface area contributed by atoms with Gasteiger partial charge in [-0.05, 0) is 11.1 Å². The predicted molar refractivity (Wildman–Crippen MR) is 94.1 cm³/mol. The summed E-state index contributed by atoms with van der Waals surface area (Å²) in [5.74, 6) is 0.758. The van der Waals surface area contributed by atoms with Crippen molar-refractivity contribution in [2.45, 2.75) is 18.0 Å². The molecule has 4 rings (SSSR count). The average molecular weight is 338 g/mol. The van der Waals surface area contributed by atoms with Gasteiger partial charge in [-0.2, -0.15) is 0 Å². The van der Waals surface area contributed by atoms with Gasteiger partial charge < -0.3 is 9.80 Å². The molecule has 0 bridgehead atoms. The minimum atomic E-state index is -0.342. The lowest BCUT2D eigenvalue weighted by Crippen LogP contribution is -2.58. The van der Waals surface area contributed by atoms with Crippen LogP contribution in [-0.2, 0) is 16.1 Å². The van der Waals surface area contributed by atoms with Crippen molar-refractivity contribution in [1.29, 1.82) is 0 Å². The molecule has 0 unspecified atom stereocenters. The Bertz CT molecular complexity index is 750. The Labute approximate surface area is 145 Å². The Kier molecular flexibility index (Phi) is 4.02. The summed E-state index contributed by atoms with van der Waals surface area (Å²) in [6.07, 6.45) is 0. The Balaban J connectivity index is 1.55. The second kappa shape index (κ2) is 6.32. The third-order valence-electron chi connectivity index (χ3n) is 4.51. The largest absolute Gasteiger partial charge is 0.327 e. The molecule has 2 atom stereocenters. The molecule has 2 amide bonds. The van der Waals surface area contributed by atoms with Gasteiger partial charge in [0, 0.05) is 12.3 Å². The minimum Gasteiger partial charge on any atom is -0.327 e. The van der Waals surface area contributed by atoms with Gasteiger partial charge in [-0.3, -0.25) is 9.59 Å². The first-order valence-electron chi connectivity index (χ1n) is 8.04. The molecule has 0 aliphatic carbocycles. The number of carbonyl (C=O) groups excluding carboxylic acids is 2. The number of amides is 2. The first kappa shape index (κ1) is 15.3. The number of hydrogen-bond donors (Lipinski definition) is 0. The molecule has 2 aromatic carbocycles. The number of piperazine rings is 1. The van der Waals surface area contributed by atoms with E-state index in [0.717, 1.165) is 11.1 Å². The van der Waals surface area contributed by atoms with Crippen LogP contribution in [0.5, 0.6) is 0 Å². The third kappa shape index (κ3) is 2.69. The zero-order valence-electron chi connectivity index (χ0n) is 13.2. The van der Waals surface area contributed by atoms with Crippen LogP contribution in [0.1, 0.15) is 16.5 Å².